The molecule has 11 heteroatoms. The molecule has 0 radical (unpaired) electrons. The van der Waals surface area contributed by atoms with Gasteiger partial charge in [0, 0.05) is 32.1 Å². The summed E-state index contributed by atoms with van der Waals surface area (Å²) >= 11 is 11.7. The molecular formula is C17H23ClN4O4S2. The van der Waals surface area contributed by atoms with E-state index >= 15 is 0 Å². The zero-order valence-corrected chi connectivity index (χ0v) is 17.7. The van der Waals surface area contributed by atoms with Crippen molar-refractivity contribution < 1.29 is 17.9 Å². The van der Waals surface area contributed by atoms with Gasteiger partial charge in [0.15, 0.2) is 5.11 Å². The minimum Gasteiger partial charge on any atom is -0.379 e. The molecule has 8 nitrogen and oxygen atoms in total. The summed E-state index contributed by atoms with van der Waals surface area (Å²) in [6.45, 7) is 2.60. The van der Waals surface area contributed by atoms with Gasteiger partial charge in [-0.1, -0.05) is 11.6 Å². The second kappa shape index (κ2) is 8.91. The molecule has 1 aromatic carbocycles. The molecule has 2 fully saturated rings. The number of hydrogen-bond acceptors (Lipinski definition) is 5. The number of primary amides is 1. The maximum absolute atomic E-state index is 12.9. The summed E-state index contributed by atoms with van der Waals surface area (Å²) in [5, 5.41) is 3.85. The smallest absolute Gasteiger partial charge is 0.243 e. The van der Waals surface area contributed by atoms with Crippen LogP contribution in [0.2, 0.25) is 5.02 Å². The van der Waals surface area contributed by atoms with Gasteiger partial charge < -0.3 is 20.7 Å². The van der Waals surface area contributed by atoms with Crippen molar-refractivity contribution in [2.45, 2.75) is 17.7 Å². The van der Waals surface area contributed by atoms with E-state index in [1.807, 2.05) is 4.90 Å². The Morgan fingerprint density at radius 2 is 1.86 bits per heavy atom. The molecule has 3 rings (SSSR count). The number of hydrogen-bond donors (Lipinski definition) is 2. The standard InChI is InChI=1S/C17H23ClN4O4S2/c18-14-2-1-13(28(24,25)22-7-9-26-10-8-22)11-15(14)20-17(27)21-5-3-12(4-6-21)16(19)23/h1-2,11-12H,3-10H2,(H2,19,23)(H,20,27). The Morgan fingerprint density at radius 1 is 1.21 bits per heavy atom. The second-order valence-corrected chi connectivity index (χ2v) is 9.48. The average Bonchev–Trinajstić information content (AvgIpc) is 2.70. The second-order valence-electron chi connectivity index (χ2n) is 6.75. The molecule has 28 heavy (non-hydrogen) atoms. The number of anilines is 1. The maximum Gasteiger partial charge on any atom is 0.243 e. The molecule has 2 aliphatic heterocycles. The van der Waals surface area contributed by atoms with Crippen LogP contribution >= 0.6 is 23.8 Å². The van der Waals surface area contributed by atoms with Gasteiger partial charge in [-0.3, -0.25) is 4.79 Å². The minimum absolute atomic E-state index is 0.135. The van der Waals surface area contributed by atoms with Gasteiger partial charge in [0.05, 0.1) is 28.8 Å². The lowest BCUT2D eigenvalue weighted by Gasteiger charge is -2.32. The Balaban J connectivity index is 1.71. The number of carbonyl (C=O) groups excluding carboxylic acids is 1. The van der Waals surface area contributed by atoms with Crippen LogP contribution in [0.3, 0.4) is 0 Å². The fourth-order valence-electron chi connectivity index (χ4n) is 3.26. The van der Waals surface area contributed by atoms with E-state index in [0.717, 1.165) is 0 Å². The Kier molecular flexibility index (Phi) is 6.77. The van der Waals surface area contributed by atoms with E-state index in [-0.39, 0.29) is 16.7 Å². The molecule has 2 saturated heterocycles. The van der Waals surface area contributed by atoms with Gasteiger partial charge >= 0.3 is 0 Å². The number of likely N-dealkylation sites (tertiary alicyclic amines) is 1. The van der Waals surface area contributed by atoms with E-state index < -0.39 is 10.0 Å². The maximum atomic E-state index is 12.9. The van der Waals surface area contributed by atoms with Crippen molar-refractivity contribution >= 4 is 50.5 Å². The summed E-state index contributed by atoms with van der Waals surface area (Å²) in [7, 11) is -3.63. The topological polar surface area (TPSA) is 105 Å². The molecular weight excluding hydrogens is 424 g/mol. The summed E-state index contributed by atoms with van der Waals surface area (Å²) in [6.07, 6.45) is 1.27. The number of nitrogens with one attached hydrogen (secondary N) is 1. The molecule has 0 atom stereocenters. The van der Waals surface area contributed by atoms with Crippen LogP contribution in [0.1, 0.15) is 12.8 Å². The van der Waals surface area contributed by atoms with Crippen molar-refractivity contribution in [3.05, 3.63) is 23.2 Å². The van der Waals surface area contributed by atoms with E-state index in [2.05, 4.69) is 5.32 Å². The van der Waals surface area contributed by atoms with E-state index in [9.17, 15) is 13.2 Å². The number of thiocarbonyl (C=S) groups is 1. The van der Waals surface area contributed by atoms with E-state index in [1.54, 1.807) is 6.07 Å². The number of piperidine rings is 1. The van der Waals surface area contributed by atoms with E-state index in [1.165, 1.54) is 16.4 Å². The molecule has 0 bridgehead atoms. The molecule has 0 aliphatic carbocycles. The van der Waals surface area contributed by atoms with Gasteiger partial charge in [-0.2, -0.15) is 4.31 Å². The fraction of sp³-hybridized carbons (Fsp3) is 0.529. The number of carbonyl (C=O) groups is 1. The van der Waals surface area contributed by atoms with Gasteiger partial charge in [0.1, 0.15) is 0 Å². The molecule has 0 saturated carbocycles. The third-order valence-electron chi connectivity index (χ3n) is 4.97. The molecule has 154 valence electrons. The number of morpholine rings is 1. The molecule has 3 N–H and O–H groups in total. The highest BCUT2D eigenvalue weighted by Crippen LogP contribution is 2.28. The zero-order valence-electron chi connectivity index (χ0n) is 15.3. The van der Waals surface area contributed by atoms with Crippen molar-refractivity contribution in [2.24, 2.45) is 11.7 Å². The van der Waals surface area contributed by atoms with Crippen LogP contribution in [0.4, 0.5) is 5.69 Å². The minimum atomic E-state index is -3.63. The molecule has 2 aliphatic rings. The Hall–Kier alpha value is -1.46. The van der Waals surface area contributed by atoms with Crippen LogP contribution in [0.5, 0.6) is 0 Å². The third-order valence-corrected chi connectivity index (χ3v) is 7.56. The number of nitrogens with two attached hydrogens (primary N) is 1. The summed E-state index contributed by atoms with van der Waals surface area (Å²) in [5.41, 5.74) is 5.79. The number of ether oxygens (including phenoxy) is 1. The van der Waals surface area contributed by atoms with Crippen LogP contribution in [-0.2, 0) is 19.6 Å². The predicted octanol–water partition coefficient (Wildman–Crippen LogP) is 1.25. The first-order valence-corrected chi connectivity index (χ1v) is 11.2. The molecule has 0 unspecified atom stereocenters. The SMILES string of the molecule is NC(=O)C1CCN(C(=S)Nc2cc(S(=O)(=O)N3CCOCC3)ccc2Cl)CC1. The summed E-state index contributed by atoms with van der Waals surface area (Å²) in [6, 6.07) is 4.52. The number of sulfonamides is 1. The van der Waals surface area contributed by atoms with Gasteiger partial charge in [0.2, 0.25) is 15.9 Å². The monoisotopic (exact) mass is 446 g/mol. The average molecular weight is 447 g/mol. The molecule has 2 heterocycles. The number of rotatable bonds is 4. The molecule has 0 spiro atoms. The van der Waals surface area contributed by atoms with Gasteiger partial charge in [0.25, 0.3) is 0 Å². The van der Waals surface area contributed by atoms with Crippen molar-refractivity contribution in [3.63, 3.8) is 0 Å². The van der Waals surface area contributed by atoms with Crippen molar-refractivity contribution in [2.75, 3.05) is 44.7 Å². The van der Waals surface area contributed by atoms with Gasteiger partial charge in [-0.25, -0.2) is 8.42 Å². The van der Waals surface area contributed by atoms with Crippen LogP contribution in [0.25, 0.3) is 0 Å². The van der Waals surface area contributed by atoms with Crippen LogP contribution in [0.15, 0.2) is 23.1 Å². The number of nitrogens with zero attached hydrogens (tertiary/aromatic N) is 2. The number of benzene rings is 1. The summed E-state index contributed by atoms with van der Waals surface area (Å²) in [5.74, 6) is -0.424. The van der Waals surface area contributed by atoms with E-state index in [0.29, 0.717) is 68.1 Å². The number of amides is 1. The normalized spacial score (nSPS) is 19.4. The molecule has 1 amide bonds. The summed E-state index contributed by atoms with van der Waals surface area (Å²) in [4.78, 5) is 13.4. The predicted molar refractivity (Wildman–Crippen MR) is 111 cm³/mol. The largest absolute Gasteiger partial charge is 0.379 e. The van der Waals surface area contributed by atoms with Gasteiger partial charge in [-0.05, 0) is 43.3 Å². The third kappa shape index (κ3) is 4.74. The Morgan fingerprint density at radius 3 is 2.46 bits per heavy atom. The highest BCUT2D eigenvalue weighted by molar-refractivity contribution is 7.89. The van der Waals surface area contributed by atoms with Crippen molar-refractivity contribution in [3.8, 4) is 0 Å². The molecule has 0 aromatic heterocycles. The van der Waals surface area contributed by atoms with Crippen LogP contribution in [0, 0.1) is 5.92 Å². The first-order chi connectivity index (χ1) is 13.3. The highest BCUT2D eigenvalue weighted by Gasteiger charge is 2.28. The lowest BCUT2D eigenvalue weighted by Crippen LogP contribution is -2.43. The molecule has 1 aromatic rings. The lowest BCUT2D eigenvalue weighted by molar-refractivity contribution is -0.122. The fourth-order valence-corrected chi connectivity index (χ4v) is 5.15. The first-order valence-electron chi connectivity index (χ1n) is 9.02. The zero-order chi connectivity index (χ0) is 20.3. The Bertz CT molecular complexity index is 851. The van der Waals surface area contributed by atoms with Gasteiger partial charge in [-0.15, -0.1) is 0 Å². The quantitative estimate of drug-likeness (QED) is 0.670. The summed E-state index contributed by atoms with van der Waals surface area (Å²) < 4.78 is 32.3. The lowest BCUT2D eigenvalue weighted by atomic mass is 9.97. The Labute approximate surface area is 175 Å². The van der Waals surface area contributed by atoms with Crippen molar-refractivity contribution in [1.82, 2.24) is 9.21 Å². The first kappa shape index (κ1) is 21.3. The highest BCUT2D eigenvalue weighted by atomic mass is 35.5. The van der Waals surface area contributed by atoms with Crippen molar-refractivity contribution in [1.29, 1.82) is 0 Å². The van der Waals surface area contributed by atoms with Crippen LogP contribution < -0.4 is 11.1 Å². The van der Waals surface area contributed by atoms with Crippen LogP contribution in [-0.4, -0.2) is 68.0 Å². The van der Waals surface area contributed by atoms with E-state index in [4.69, 9.17) is 34.3 Å². The number of halogens is 1.